The monoisotopic (exact) mass is 269 g/mol. The smallest absolute Gasteiger partial charge is 0.311 e. The Labute approximate surface area is 113 Å². The van der Waals surface area contributed by atoms with Crippen LogP contribution in [0.4, 0.5) is 0 Å². The minimum absolute atomic E-state index is 0.393. The molecule has 0 aromatic heterocycles. The van der Waals surface area contributed by atoms with E-state index in [4.69, 9.17) is 0 Å². The van der Waals surface area contributed by atoms with Gasteiger partial charge in [-0.25, -0.2) is 0 Å². The molecule has 1 fully saturated rings. The van der Waals surface area contributed by atoms with E-state index < -0.39 is 11.8 Å². The van der Waals surface area contributed by atoms with Crippen LogP contribution in [0.2, 0.25) is 0 Å². The first kappa shape index (κ1) is 15.5. The Morgan fingerprint density at radius 3 is 2.42 bits per heavy atom. The standard InChI is InChI=1S/C13H23N3O3/c1-10-6-11(2)8-16(7-10)13(19)12(18)15-5-3-4-14-9-17/h9-11H,3-8H2,1-2H3,(H,14,17)(H,15,18). The third-order valence-corrected chi connectivity index (χ3v) is 3.22. The van der Waals surface area contributed by atoms with Crippen molar-refractivity contribution in [2.75, 3.05) is 26.2 Å². The zero-order chi connectivity index (χ0) is 14.3. The molecule has 0 spiro atoms. The topological polar surface area (TPSA) is 78.5 Å². The molecule has 0 radical (unpaired) electrons. The highest BCUT2D eigenvalue weighted by atomic mass is 16.2. The van der Waals surface area contributed by atoms with Crippen LogP contribution >= 0.6 is 0 Å². The van der Waals surface area contributed by atoms with Gasteiger partial charge in [-0.2, -0.15) is 0 Å². The summed E-state index contributed by atoms with van der Waals surface area (Å²) in [5.74, 6) is -0.108. The summed E-state index contributed by atoms with van der Waals surface area (Å²) >= 11 is 0. The molecule has 1 aliphatic rings. The quantitative estimate of drug-likeness (QED) is 0.410. The average molecular weight is 269 g/mol. The molecule has 0 aromatic rings. The van der Waals surface area contributed by atoms with Crippen molar-refractivity contribution < 1.29 is 14.4 Å². The summed E-state index contributed by atoms with van der Waals surface area (Å²) in [6.07, 6.45) is 2.33. The van der Waals surface area contributed by atoms with Crippen molar-refractivity contribution in [3.05, 3.63) is 0 Å². The molecule has 2 unspecified atom stereocenters. The van der Waals surface area contributed by atoms with Gasteiger partial charge in [0, 0.05) is 26.2 Å². The minimum Gasteiger partial charge on any atom is -0.359 e. The van der Waals surface area contributed by atoms with Gasteiger partial charge in [0.15, 0.2) is 0 Å². The van der Waals surface area contributed by atoms with Gasteiger partial charge in [0.2, 0.25) is 6.41 Å². The largest absolute Gasteiger partial charge is 0.359 e. The van der Waals surface area contributed by atoms with Gasteiger partial charge in [-0.05, 0) is 24.7 Å². The average Bonchev–Trinajstić information content (AvgIpc) is 2.36. The maximum atomic E-state index is 12.0. The summed E-state index contributed by atoms with van der Waals surface area (Å²) in [6, 6.07) is 0. The zero-order valence-corrected chi connectivity index (χ0v) is 11.6. The predicted molar refractivity (Wildman–Crippen MR) is 71.2 cm³/mol. The van der Waals surface area contributed by atoms with Crippen LogP contribution in [0, 0.1) is 11.8 Å². The summed E-state index contributed by atoms with van der Waals surface area (Å²) < 4.78 is 0. The van der Waals surface area contributed by atoms with Gasteiger partial charge >= 0.3 is 11.8 Å². The number of piperidine rings is 1. The molecule has 1 aliphatic heterocycles. The first-order chi connectivity index (χ1) is 9.04. The van der Waals surface area contributed by atoms with Crippen molar-refractivity contribution >= 4 is 18.2 Å². The second kappa shape index (κ2) is 7.76. The number of nitrogens with one attached hydrogen (secondary N) is 2. The number of carbonyl (C=O) groups is 3. The van der Waals surface area contributed by atoms with E-state index >= 15 is 0 Å². The lowest BCUT2D eigenvalue weighted by molar-refractivity contribution is -0.147. The fourth-order valence-electron chi connectivity index (χ4n) is 2.50. The first-order valence-electron chi connectivity index (χ1n) is 6.78. The zero-order valence-electron chi connectivity index (χ0n) is 11.6. The van der Waals surface area contributed by atoms with E-state index in [2.05, 4.69) is 24.5 Å². The first-order valence-corrected chi connectivity index (χ1v) is 6.78. The van der Waals surface area contributed by atoms with Crippen molar-refractivity contribution in [2.45, 2.75) is 26.7 Å². The molecule has 19 heavy (non-hydrogen) atoms. The summed E-state index contributed by atoms with van der Waals surface area (Å²) in [5, 5.41) is 5.08. The molecule has 0 aromatic carbocycles. The van der Waals surface area contributed by atoms with Crippen molar-refractivity contribution in [3.8, 4) is 0 Å². The number of nitrogens with zero attached hydrogens (tertiary/aromatic N) is 1. The molecule has 6 nitrogen and oxygen atoms in total. The van der Waals surface area contributed by atoms with Crippen LogP contribution in [-0.2, 0) is 14.4 Å². The summed E-state index contributed by atoms with van der Waals surface area (Å²) in [4.78, 5) is 35.3. The lowest BCUT2D eigenvalue weighted by Gasteiger charge is -2.34. The summed E-state index contributed by atoms with van der Waals surface area (Å²) in [7, 11) is 0. The lowest BCUT2D eigenvalue weighted by Crippen LogP contribution is -2.49. The van der Waals surface area contributed by atoms with Crippen LogP contribution in [0.15, 0.2) is 0 Å². The fourth-order valence-corrected chi connectivity index (χ4v) is 2.50. The SMILES string of the molecule is CC1CC(C)CN(C(=O)C(=O)NCCCNC=O)C1. The molecule has 0 saturated carbocycles. The van der Waals surface area contributed by atoms with E-state index in [1.807, 2.05) is 0 Å². The minimum atomic E-state index is -0.549. The van der Waals surface area contributed by atoms with Crippen molar-refractivity contribution in [1.82, 2.24) is 15.5 Å². The van der Waals surface area contributed by atoms with Gasteiger partial charge in [0.1, 0.15) is 0 Å². The molecular weight excluding hydrogens is 246 g/mol. The third-order valence-electron chi connectivity index (χ3n) is 3.22. The molecule has 108 valence electrons. The van der Waals surface area contributed by atoms with Crippen LogP contribution < -0.4 is 10.6 Å². The van der Waals surface area contributed by atoms with E-state index in [0.29, 0.717) is 50.8 Å². The Morgan fingerprint density at radius 1 is 1.21 bits per heavy atom. The van der Waals surface area contributed by atoms with Gasteiger partial charge < -0.3 is 15.5 Å². The Bertz CT molecular complexity index is 323. The lowest BCUT2D eigenvalue weighted by atomic mass is 9.92. The predicted octanol–water partition coefficient (Wildman–Crippen LogP) is -0.257. The van der Waals surface area contributed by atoms with Crippen molar-refractivity contribution in [2.24, 2.45) is 11.8 Å². The number of rotatable bonds is 5. The highest BCUT2D eigenvalue weighted by Crippen LogP contribution is 2.20. The molecular formula is C13H23N3O3. The van der Waals surface area contributed by atoms with E-state index in [1.165, 1.54) is 0 Å². The summed E-state index contributed by atoms with van der Waals surface area (Å²) in [6.45, 7) is 6.39. The van der Waals surface area contributed by atoms with Crippen molar-refractivity contribution in [1.29, 1.82) is 0 Å². The molecule has 0 aliphatic carbocycles. The van der Waals surface area contributed by atoms with Gasteiger partial charge in [0.25, 0.3) is 0 Å². The fraction of sp³-hybridized carbons (Fsp3) is 0.769. The van der Waals surface area contributed by atoms with Crippen molar-refractivity contribution in [3.63, 3.8) is 0 Å². The van der Waals surface area contributed by atoms with Gasteiger partial charge in [0.05, 0.1) is 0 Å². The van der Waals surface area contributed by atoms with Gasteiger partial charge in [-0.15, -0.1) is 0 Å². The number of amides is 3. The van der Waals surface area contributed by atoms with Crippen LogP contribution in [0.5, 0.6) is 0 Å². The molecule has 6 heteroatoms. The van der Waals surface area contributed by atoms with Crippen LogP contribution in [0.1, 0.15) is 26.7 Å². The Morgan fingerprint density at radius 2 is 1.84 bits per heavy atom. The maximum absolute atomic E-state index is 12.0. The molecule has 1 heterocycles. The summed E-state index contributed by atoms with van der Waals surface area (Å²) in [5.41, 5.74) is 0. The third kappa shape index (κ3) is 5.28. The molecule has 1 saturated heterocycles. The van der Waals surface area contributed by atoms with E-state index in [1.54, 1.807) is 4.90 Å². The van der Waals surface area contributed by atoms with Crippen LogP contribution in [0.3, 0.4) is 0 Å². The number of hydrogen-bond acceptors (Lipinski definition) is 3. The van der Waals surface area contributed by atoms with Gasteiger partial charge in [-0.3, -0.25) is 14.4 Å². The molecule has 0 bridgehead atoms. The Hall–Kier alpha value is -1.59. The second-order valence-corrected chi connectivity index (χ2v) is 5.34. The van der Waals surface area contributed by atoms with E-state index in [9.17, 15) is 14.4 Å². The van der Waals surface area contributed by atoms with E-state index in [-0.39, 0.29) is 0 Å². The Kier molecular flexibility index (Phi) is 6.32. The van der Waals surface area contributed by atoms with Crippen LogP contribution in [-0.4, -0.2) is 49.3 Å². The Balaban J connectivity index is 2.31. The molecule has 1 rings (SSSR count). The normalized spacial score (nSPS) is 22.7. The maximum Gasteiger partial charge on any atom is 0.311 e. The number of hydrogen-bond donors (Lipinski definition) is 2. The van der Waals surface area contributed by atoms with Gasteiger partial charge in [-0.1, -0.05) is 13.8 Å². The molecule has 2 N–H and O–H groups in total. The highest BCUT2D eigenvalue weighted by Gasteiger charge is 2.28. The number of carbonyl (C=O) groups excluding carboxylic acids is 3. The highest BCUT2D eigenvalue weighted by molar-refractivity contribution is 6.35. The van der Waals surface area contributed by atoms with Crippen LogP contribution in [0.25, 0.3) is 0 Å². The molecule has 3 amide bonds. The molecule has 2 atom stereocenters. The number of likely N-dealkylation sites (tertiary alicyclic amines) is 1. The van der Waals surface area contributed by atoms with E-state index in [0.717, 1.165) is 6.42 Å². The second-order valence-electron chi connectivity index (χ2n) is 5.34.